The van der Waals surface area contributed by atoms with Crippen molar-refractivity contribution in [1.82, 2.24) is 9.55 Å². The number of hydrogen-bond donors (Lipinski definition) is 1. The number of imidazole rings is 1. The van der Waals surface area contributed by atoms with E-state index < -0.39 is 0 Å². The molecule has 0 amide bonds. The van der Waals surface area contributed by atoms with Crippen molar-refractivity contribution in [2.45, 2.75) is 26.3 Å². The zero-order chi connectivity index (χ0) is 15.4. The number of aromatic amines is 1. The maximum atomic E-state index is 5.49. The zero-order valence-corrected chi connectivity index (χ0v) is 14.6. The van der Waals surface area contributed by atoms with E-state index in [0.29, 0.717) is 11.8 Å². The van der Waals surface area contributed by atoms with Gasteiger partial charge in [-0.15, -0.1) is 0 Å². The summed E-state index contributed by atoms with van der Waals surface area (Å²) in [5.41, 5.74) is 2.04. The van der Waals surface area contributed by atoms with E-state index in [4.69, 9.17) is 21.7 Å². The predicted molar refractivity (Wildman–Crippen MR) is 92.6 cm³/mol. The standard InChI is InChI=1S/C15H22N2O2S2/c1-5-21-7-6-10(2)17-12-9-14(19-4)13(18-3)8-11(12)16-15(17)20/h8-10H,5-7H2,1-4H3,(H,16,20). The smallest absolute Gasteiger partial charge is 0.178 e. The Balaban J connectivity index is 2.43. The quantitative estimate of drug-likeness (QED) is 0.604. The summed E-state index contributed by atoms with van der Waals surface area (Å²) in [7, 11) is 3.29. The average molecular weight is 326 g/mol. The number of aromatic nitrogens is 2. The Hall–Kier alpha value is -1.14. The molecule has 4 nitrogen and oxygen atoms in total. The van der Waals surface area contributed by atoms with E-state index in [1.807, 2.05) is 23.9 Å². The van der Waals surface area contributed by atoms with E-state index in [2.05, 4.69) is 23.4 Å². The molecule has 1 atom stereocenters. The first-order valence-electron chi connectivity index (χ1n) is 7.06. The van der Waals surface area contributed by atoms with Gasteiger partial charge in [0.2, 0.25) is 0 Å². The highest BCUT2D eigenvalue weighted by Crippen LogP contribution is 2.33. The van der Waals surface area contributed by atoms with Gasteiger partial charge in [-0.3, -0.25) is 0 Å². The molecule has 21 heavy (non-hydrogen) atoms. The van der Waals surface area contributed by atoms with Gasteiger partial charge in [0.05, 0.1) is 25.3 Å². The molecule has 0 spiro atoms. The van der Waals surface area contributed by atoms with Crippen molar-refractivity contribution in [1.29, 1.82) is 0 Å². The van der Waals surface area contributed by atoms with Crippen LogP contribution in [-0.2, 0) is 0 Å². The maximum absolute atomic E-state index is 5.49. The summed E-state index contributed by atoms with van der Waals surface area (Å²) in [5, 5.41) is 0. The van der Waals surface area contributed by atoms with Crippen molar-refractivity contribution in [3.8, 4) is 11.5 Å². The van der Waals surface area contributed by atoms with Gasteiger partial charge < -0.3 is 19.0 Å². The number of nitrogens with one attached hydrogen (secondary N) is 1. The molecule has 1 N–H and O–H groups in total. The summed E-state index contributed by atoms with van der Waals surface area (Å²) in [5.74, 6) is 3.72. The maximum Gasteiger partial charge on any atom is 0.178 e. The fourth-order valence-electron chi connectivity index (χ4n) is 2.42. The molecule has 2 aromatic rings. The number of thioether (sulfide) groups is 1. The second kappa shape index (κ2) is 7.22. The third kappa shape index (κ3) is 3.37. The first-order chi connectivity index (χ1) is 10.1. The Morgan fingerprint density at radius 2 is 1.95 bits per heavy atom. The number of benzene rings is 1. The van der Waals surface area contributed by atoms with Crippen LogP contribution in [0.25, 0.3) is 11.0 Å². The van der Waals surface area contributed by atoms with Gasteiger partial charge in [0, 0.05) is 18.2 Å². The van der Waals surface area contributed by atoms with Gasteiger partial charge >= 0.3 is 0 Å². The molecule has 0 saturated heterocycles. The van der Waals surface area contributed by atoms with Crippen molar-refractivity contribution in [3.63, 3.8) is 0 Å². The third-order valence-electron chi connectivity index (χ3n) is 3.55. The van der Waals surface area contributed by atoms with Gasteiger partial charge in [0.15, 0.2) is 16.3 Å². The number of fused-ring (bicyclic) bond motifs is 1. The van der Waals surface area contributed by atoms with E-state index in [1.54, 1.807) is 14.2 Å². The topological polar surface area (TPSA) is 39.2 Å². The molecule has 0 aliphatic carbocycles. The molecule has 0 fully saturated rings. The molecule has 0 saturated carbocycles. The monoisotopic (exact) mass is 326 g/mol. The SMILES string of the molecule is CCSCCC(C)n1c(=S)[nH]c2cc(OC)c(OC)cc21. The molecule has 1 aromatic heterocycles. The van der Waals surface area contributed by atoms with Crippen LogP contribution < -0.4 is 9.47 Å². The van der Waals surface area contributed by atoms with Crippen LogP contribution in [0.15, 0.2) is 12.1 Å². The Labute approximate surface area is 134 Å². The molecule has 0 aliphatic rings. The number of nitrogens with zero attached hydrogens (tertiary/aromatic N) is 1. The van der Waals surface area contributed by atoms with Crippen LogP contribution in [0, 0.1) is 4.77 Å². The average Bonchev–Trinajstić information content (AvgIpc) is 2.80. The number of ether oxygens (including phenoxy) is 2. The molecule has 116 valence electrons. The summed E-state index contributed by atoms with van der Waals surface area (Å²) < 4.78 is 13.7. The van der Waals surface area contributed by atoms with Crippen molar-refractivity contribution in [3.05, 3.63) is 16.9 Å². The van der Waals surface area contributed by atoms with Gasteiger partial charge in [-0.2, -0.15) is 11.8 Å². The molecule has 6 heteroatoms. The fraction of sp³-hybridized carbons (Fsp3) is 0.533. The van der Waals surface area contributed by atoms with E-state index in [1.165, 1.54) is 0 Å². The van der Waals surface area contributed by atoms with Gasteiger partial charge in [-0.05, 0) is 37.1 Å². The minimum absolute atomic E-state index is 0.350. The Morgan fingerprint density at radius 3 is 2.57 bits per heavy atom. The summed E-state index contributed by atoms with van der Waals surface area (Å²) in [6, 6.07) is 4.28. The third-order valence-corrected chi connectivity index (χ3v) is 4.78. The largest absolute Gasteiger partial charge is 0.493 e. The lowest BCUT2D eigenvalue weighted by Crippen LogP contribution is -2.06. The number of rotatable bonds is 7. The van der Waals surface area contributed by atoms with Crippen molar-refractivity contribution >= 4 is 35.0 Å². The highest BCUT2D eigenvalue weighted by Gasteiger charge is 2.14. The van der Waals surface area contributed by atoms with Crippen molar-refractivity contribution in [2.75, 3.05) is 25.7 Å². The molecule has 2 rings (SSSR count). The van der Waals surface area contributed by atoms with Gasteiger partial charge in [0.1, 0.15) is 0 Å². The normalized spacial score (nSPS) is 12.6. The molecule has 0 radical (unpaired) electrons. The van der Waals surface area contributed by atoms with Crippen LogP contribution in [0.4, 0.5) is 0 Å². The first kappa shape index (κ1) is 16.2. The van der Waals surface area contributed by atoms with Gasteiger partial charge in [-0.25, -0.2) is 0 Å². The van der Waals surface area contributed by atoms with E-state index in [-0.39, 0.29) is 0 Å². The van der Waals surface area contributed by atoms with Crippen LogP contribution in [-0.4, -0.2) is 35.3 Å². The highest BCUT2D eigenvalue weighted by molar-refractivity contribution is 7.99. The molecule has 1 heterocycles. The lowest BCUT2D eigenvalue weighted by atomic mass is 10.2. The summed E-state index contributed by atoms with van der Waals surface area (Å²) >= 11 is 7.44. The molecular formula is C15H22N2O2S2. The molecule has 0 bridgehead atoms. The molecule has 1 unspecified atom stereocenters. The Bertz CT molecular complexity index is 663. The minimum Gasteiger partial charge on any atom is -0.493 e. The zero-order valence-electron chi connectivity index (χ0n) is 12.9. The van der Waals surface area contributed by atoms with Gasteiger partial charge in [0.25, 0.3) is 0 Å². The van der Waals surface area contributed by atoms with Crippen molar-refractivity contribution in [2.24, 2.45) is 0 Å². The van der Waals surface area contributed by atoms with Crippen LogP contribution >= 0.6 is 24.0 Å². The second-order valence-electron chi connectivity index (χ2n) is 4.86. The van der Waals surface area contributed by atoms with Crippen LogP contribution in [0.5, 0.6) is 11.5 Å². The molecular weight excluding hydrogens is 304 g/mol. The predicted octanol–water partition coefficient (Wildman–Crippen LogP) is 4.42. The number of H-pyrrole nitrogens is 1. The molecule has 0 aliphatic heterocycles. The van der Waals surface area contributed by atoms with Gasteiger partial charge in [-0.1, -0.05) is 6.92 Å². The summed E-state index contributed by atoms with van der Waals surface area (Å²) in [6.07, 6.45) is 1.09. The lowest BCUT2D eigenvalue weighted by molar-refractivity contribution is 0.355. The highest BCUT2D eigenvalue weighted by atomic mass is 32.2. The van der Waals surface area contributed by atoms with E-state index in [9.17, 15) is 0 Å². The van der Waals surface area contributed by atoms with Crippen LogP contribution in [0.3, 0.4) is 0 Å². The lowest BCUT2D eigenvalue weighted by Gasteiger charge is -2.15. The van der Waals surface area contributed by atoms with Crippen LogP contribution in [0.1, 0.15) is 26.3 Å². The van der Waals surface area contributed by atoms with Crippen molar-refractivity contribution < 1.29 is 9.47 Å². The first-order valence-corrected chi connectivity index (χ1v) is 8.62. The summed E-state index contributed by atoms with van der Waals surface area (Å²) in [6.45, 7) is 4.39. The number of methoxy groups -OCH3 is 2. The fourth-order valence-corrected chi connectivity index (χ4v) is 3.60. The summed E-state index contributed by atoms with van der Waals surface area (Å²) in [4.78, 5) is 3.26. The number of hydrogen-bond acceptors (Lipinski definition) is 4. The Morgan fingerprint density at radius 1 is 1.29 bits per heavy atom. The van der Waals surface area contributed by atoms with E-state index in [0.717, 1.165) is 39.5 Å². The van der Waals surface area contributed by atoms with E-state index >= 15 is 0 Å². The van der Waals surface area contributed by atoms with Crippen LogP contribution in [0.2, 0.25) is 0 Å². The molecule has 1 aromatic carbocycles. The second-order valence-corrected chi connectivity index (χ2v) is 6.64. The Kier molecular flexibility index (Phi) is 5.58. The minimum atomic E-state index is 0.350.